The molecule has 1 aliphatic carbocycles. The Morgan fingerprint density at radius 1 is 1.62 bits per heavy atom. The van der Waals surface area contributed by atoms with Crippen molar-refractivity contribution in [3.05, 3.63) is 0 Å². The molecule has 2 atom stereocenters. The van der Waals surface area contributed by atoms with Crippen LogP contribution >= 0.6 is 0 Å². The number of hydrogen-bond acceptors (Lipinski definition) is 2. The van der Waals surface area contributed by atoms with E-state index in [4.69, 9.17) is 5.73 Å². The minimum atomic E-state index is 0.525. The van der Waals surface area contributed by atoms with E-state index >= 15 is 0 Å². The Morgan fingerprint density at radius 3 is 2.62 bits per heavy atom. The van der Waals surface area contributed by atoms with Crippen molar-refractivity contribution in [2.24, 2.45) is 11.1 Å². The van der Waals surface area contributed by atoms with Crippen LogP contribution in [0.4, 0.5) is 0 Å². The van der Waals surface area contributed by atoms with Crippen LogP contribution < -0.4 is 11.1 Å². The van der Waals surface area contributed by atoms with E-state index in [-0.39, 0.29) is 0 Å². The van der Waals surface area contributed by atoms with Crippen LogP contribution in [-0.2, 0) is 0 Å². The average Bonchev–Trinajstić information content (AvgIpc) is 2.29. The standard InChI is InChI=1S/C6H12N2/c7-5-3-6(5)1-2-8-4-6/h5,8H,1-4,7H2/t5-,6+/m0/s1. The van der Waals surface area contributed by atoms with Gasteiger partial charge in [0.1, 0.15) is 0 Å². The summed E-state index contributed by atoms with van der Waals surface area (Å²) >= 11 is 0. The normalized spacial score (nSPS) is 52.9. The highest BCUT2D eigenvalue weighted by Crippen LogP contribution is 2.48. The summed E-state index contributed by atoms with van der Waals surface area (Å²) in [6, 6.07) is 0.525. The quantitative estimate of drug-likeness (QED) is 0.451. The zero-order valence-corrected chi connectivity index (χ0v) is 4.98. The lowest BCUT2D eigenvalue weighted by Gasteiger charge is -2.00. The molecule has 2 fully saturated rings. The lowest BCUT2D eigenvalue weighted by molar-refractivity contribution is 0.547. The summed E-state index contributed by atoms with van der Waals surface area (Å²) in [5, 5.41) is 3.33. The van der Waals surface area contributed by atoms with Crippen molar-refractivity contribution in [3.8, 4) is 0 Å². The van der Waals surface area contributed by atoms with Crippen molar-refractivity contribution in [1.29, 1.82) is 0 Å². The molecule has 46 valence electrons. The van der Waals surface area contributed by atoms with Gasteiger partial charge >= 0.3 is 0 Å². The lowest BCUT2D eigenvalue weighted by atomic mass is 10.1. The van der Waals surface area contributed by atoms with Gasteiger partial charge in [-0.2, -0.15) is 0 Å². The molecule has 1 saturated heterocycles. The van der Waals surface area contributed by atoms with Gasteiger partial charge in [0.15, 0.2) is 0 Å². The maximum Gasteiger partial charge on any atom is 0.0115 e. The van der Waals surface area contributed by atoms with Crippen molar-refractivity contribution in [2.75, 3.05) is 13.1 Å². The topological polar surface area (TPSA) is 38.0 Å². The van der Waals surface area contributed by atoms with Gasteiger partial charge in [-0.25, -0.2) is 0 Å². The maximum absolute atomic E-state index is 5.72. The van der Waals surface area contributed by atoms with E-state index in [1.54, 1.807) is 0 Å². The monoisotopic (exact) mass is 112 g/mol. The molecule has 0 bridgehead atoms. The van der Waals surface area contributed by atoms with Crippen molar-refractivity contribution < 1.29 is 0 Å². The first-order valence-electron chi connectivity index (χ1n) is 3.30. The second-order valence-electron chi connectivity index (χ2n) is 3.10. The van der Waals surface area contributed by atoms with Gasteiger partial charge in [0, 0.05) is 18.0 Å². The number of rotatable bonds is 0. The fourth-order valence-electron chi connectivity index (χ4n) is 1.63. The molecule has 0 aromatic rings. The van der Waals surface area contributed by atoms with E-state index in [0.29, 0.717) is 11.5 Å². The largest absolute Gasteiger partial charge is 0.327 e. The highest BCUT2D eigenvalue weighted by molar-refractivity contribution is 5.10. The molecule has 0 aromatic heterocycles. The van der Waals surface area contributed by atoms with E-state index in [9.17, 15) is 0 Å². The fourth-order valence-corrected chi connectivity index (χ4v) is 1.63. The van der Waals surface area contributed by atoms with Crippen LogP contribution in [0.15, 0.2) is 0 Å². The van der Waals surface area contributed by atoms with Crippen LogP contribution in [0, 0.1) is 5.41 Å². The molecule has 0 amide bonds. The molecule has 1 spiro atoms. The molecule has 0 unspecified atom stereocenters. The number of hydrogen-bond donors (Lipinski definition) is 2. The van der Waals surface area contributed by atoms with E-state index in [1.165, 1.54) is 25.9 Å². The Kier molecular flexibility index (Phi) is 0.746. The van der Waals surface area contributed by atoms with Crippen LogP contribution in [0.25, 0.3) is 0 Å². The van der Waals surface area contributed by atoms with Crippen LogP contribution in [0.5, 0.6) is 0 Å². The van der Waals surface area contributed by atoms with Crippen molar-refractivity contribution in [1.82, 2.24) is 5.32 Å². The molecule has 2 aliphatic rings. The predicted molar refractivity (Wildman–Crippen MR) is 32.5 cm³/mol. The SMILES string of the molecule is N[C@H]1C[C@@]12CCNC2. The first-order valence-corrected chi connectivity index (χ1v) is 3.30. The molecule has 0 aromatic carbocycles. The molecule has 1 saturated carbocycles. The molecule has 2 nitrogen and oxygen atoms in total. The summed E-state index contributed by atoms with van der Waals surface area (Å²) in [5.41, 5.74) is 6.29. The van der Waals surface area contributed by atoms with Crippen LogP contribution in [-0.4, -0.2) is 19.1 Å². The van der Waals surface area contributed by atoms with Gasteiger partial charge in [0.25, 0.3) is 0 Å². The van der Waals surface area contributed by atoms with Gasteiger partial charge < -0.3 is 11.1 Å². The second-order valence-corrected chi connectivity index (χ2v) is 3.10. The summed E-state index contributed by atoms with van der Waals surface area (Å²) in [6.45, 7) is 2.36. The summed E-state index contributed by atoms with van der Waals surface area (Å²) in [7, 11) is 0. The fraction of sp³-hybridized carbons (Fsp3) is 1.00. The third-order valence-electron chi connectivity index (χ3n) is 2.53. The minimum absolute atomic E-state index is 0.525. The number of nitrogens with two attached hydrogens (primary N) is 1. The molecular weight excluding hydrogens is 100 g/mol. The lowest BCUT2D eigenvalue weighted by Crippen LogP contribution is -2.16. The second kappa shape index (κ2) is 1.25. The van der Waals surface area contributed by atoms with E-state index in [2.05, 4.69) is 5.32 Å². The Morgan fingerprint density at radius 2 is 2.38 bits per heavy atom. The van der Waals surface area contributed by atoms with E-state index in [1.807, 2.05) is 0 Å². The summed E-state index contributed by atoms with van der Waals surface area (Å²) in [5.74, 6) is 0. The molecule has 1 heterocycles. The van der Waals surface area contributed by atoms with E-state index in [0.717, 1.165) is 0 Å². The summed E-state index contributed by atoms with van der Waals surface area (Å²) in [4.78, 5) is 0. The first-order chi connectivity index (χ1) is 3.83. The van der Waals surface area contributed by atoms with Crippen LogP contribution in [0.1, 0.15) is 12.8 Å². The van der Waals surface area contributed by atoms with Crippen molar-refractivity contribution in [2.45, 2.75) is 18.9 Å². The molecule has 2 heteroatoms. The Bertz CT molecular complexity index is 105. The number of nitrogens with one attached hydrogen (secondary N) is 1. The first kappa shape index (κ1) is 4.77. The molecular formula is C6H12N2. The average molecular weight is 112 g/mol. The Balaban J connectivity index is 2.06. The van der Waals surface area contributed by atoms with Gasteiger partial charge in [-0.15, -0.1) is 0 Å². The molecule has 1 aliphatic heterocycles. The molecule has 3 N–H and O–H groups in total. The predicted octanol–water partition coefficient (Wildman–Crippen LogP) is -0.303. The smallest absolute Gasteiger partial charge is 0.0115 e. The van der Waals surface area contributed by atoms with Crippen LogP contribution in [0.2, 0.25) is 0 Å². The molecule has 2 rings (SSSR count). The third kappa shape index (κ3) is 0.446. The zero-order valence-electron chi connectivity index (χ0n) is 4.98. The highest BCUT2D eigenvalue weighted by Gasteiger charge is 2.52. The Labute approximate surface area is 49.4 Å². The van der Waals surface area contributed by atoms with Gasteiger partial charge in [0.05, 0.1) is 0 Å². The Hall–Kier alpha value is -0.0800. The van der Waals surface area contributed by atoms with Crippen LogP contribution in [0.3, 0.4) is 0 Å². The molecule has 8 heavy (non-hydrogen) atoms. The maximum atomic E-state index is 5.72. The third-order valence-corrected chi connectivity index (χ3v) is 2.53. The van der Waals surface area contributed by atoms with Crippen molar-refractivity contribution >= 4 is 0 Å². The molecule has 0 radical (unpaired) electrons. The van der Waals surface area contributed by atoms with E-state index < -0.39 is 0 Å². The van der Waals surface area contributed by atoms with Crippen molar-refractivity contribution in [3.63, 3.8) is 0 Å². The van der Waals surface area contributed by atoms with Gasteiger partial charge in [-0.05, 0) is 19.4 Å². The minimum Gasteiger partial charge on any atom is -0.327 e. The highest BCUT2D eigenvalue weighted by atomic mass is 15.0. The zero-order chi connectivity index (χ0) is 5.61. The van der Waals surface area contributed by atoms with Gasteiger partial charge in [-0.3, -0.25) is 0 Å². The summed E-state index contributed by atoms with van der Waals surface area (Å²) < 4.78 is 0. The summed E-state index contributed by atoms with van der Waals surface area (Å²) in [6.07, 6.45) is 2.58. The van der Waals surface area contributed by atoms with Gasteiger partial charge in [0.2, 0.25) is 0 Å². The van der Waals surface area contributed by atoms with Gasteiger partial charge in [-0.1, -0.05) is 0 Å².